The maximum atomic E-state index is 11.5. The molecule has 2 aliphatic heterocycles. The van der Waals surface area contributed by atoms with E-state index in [1.54, 1.807) is 6.08 Å². The van der Waals surface area contributed by atoms with Crippen molar-refractivity contribution in [1.29, 1.82) is 0 Å². The van der Waals surface area contributed by atoms with Gasteiger partial charge in [-0.05, 0) is 18.9 Å². The van der Waals surface area contributed by atoms with Crippen LogP contribution in [-0.2, 0) is 19.7 Å². The fourth-order valence-electron chi connectivity index (χ4n) is 2.30. The molecule has 0 spiro atoms. The van der Waals surface area contributed by atoms with Gasteiger partial charge >= 0.3 is 0 Å². The van der Waals surface area contributed by atoms with Gasteiger partial charge in [0.25, 0.3) is 0 Å². The second-order valence-corrected chi connectivity index (χ2v) is 11.5. The molecule has 1 saturated heterocycles. The largest absolute Gasteiger partial charge is 0.365 e. The molecule has 0 aromatic carbocycles. The van der Waals surface area contributed by atoms with Crippen molar-refractivity contribution in [3.63, 3.8) is 0 Å². The summed E-state index contributed by atoms with van der Waals surface area (Å²) >= 11 is 6.56. The number of thioether (sulfide) groups is 1. The molecule has 2 rings (SSSR count). The lowest BCUT2D eigenvalue weighted by Crippen LogP contribution is -2.45. The normalized spacial score (nSPS) is 30.9. The Morgan fingerprint density at radius 3 is 2.60 bits per heavy atom. The third kappa shape index (κ3) is 4.44. The van der Waals surface area contributed by atoms with E-state index in [4.69, 9.17) is 12.2 Å². The summed E-state index contributed by atoms with van der Waals surface area (Å²) in [5.41, 5.74) is 0.363. The van der Waals surface area contributed by atoms with Crippen molar-refractivity contribution in [2.75, 3.05) is 28.8 Å². The predicted octanol–water partition coefficient (Wildman–Crippen LogP) is 0.526. The molecule has 0 amide bonds. The Kier molecular flexibility index (Phi) is 4.54. The van der Waals surface area contributed by atoms with Crippen LogP contribution in [-0.4, -0.2) is 55.5 Å². The van der Waals surface area contributed by atoms with Gasteiger partial charge in [-0.1, -0.05) is 30.1 Å². The molecule has 20 heavy (non-hydrogen) atoms. The van der Waals surface area contributed by atoms with E-state index in [1.165, 1.54) is 11.8 Å². The van der Waals surface area contributed by atoms with Gasteiger partial charge in [0, 0.05) is 5.75 Å². The van der Waals surface area contributed by atoms with Gasteiger partial charge < -0.3 is 5.32 Å². The minimum absolute atomic E-state index is 0.0950. The van der Waals surface area contributed by atoms with Crippen molar-refractivity contribution in [3.05, 3.63) is 11.6 Å². The van der Waals surface area contributed by atoms with Crippen LogP contribution in [0.15, 0.2) is 11.6 Å². The third-order valence-corrected chi connectivity index (χ3v) is 8.05. The van der Waals surface area contributed by atoms with Crippen molar-refractivity contribution in [1.82, 2.24) is 5.32 Å². The lowest BCUT2D eigenvalue weighted by atomic mass is 10.0. The fraction of sp³-hybridized carbons (Fsp3) is 0.727. The summed E-state index contributed by atoms with van der Waals surface area (Å²) in [6.45, 7) is 1.85. The number of rotatable bonds is 3. The summed E-state index contributed by atoms with van der Waals surface area (Å²) in [5, 5.41) is 3.09. The molecule has 114 valence electrons. The van der Waals surface area contributed by atoms with Gasteiger partial charge in [-0.15, -0.1) is 0 Å². The van der Waals surface area contributed by atoms with Crippen LogP contribution >= 0.6 is 24.0 Å². The Bertz CT molecular complexity index is 650. The highest BCUT2D eigenvalue weighted by molar-refractivity contribution is 8.23. The van der Waals surface area contributed by atoms with E-state index in [0.717, 1.165) is 5.57 Å². The molecular weight excluding hydrogens is 338 g/mol. The SMILES string of the molecule is C[C@]1(NC(=S)SCC2=CCS(=O)(=O)C2)CCS(=O)(=O)C1. The van der Waals surface area contributed by atoms with Gasteiger partial charge in [0.2, 0.25) is 0 Å². The Balaban J connectivity index is 1.82. The van der Waals surface area contributed by atoms with Crippen LogP contribution in [0.2, 0.25) is 0 Å². The summed E-state index contributed by atoms with van der Waals surface area (Å²) < 4.78 is 46.1. The zero-order valence-electron chi connectivity index (χ0n) is 11.1. The summed E-state index contributed by atoms with van der Waals surface area (Å²) in [7, 11) is -5.91. The molecular formula is C11H17NO4S4. The molecule has 5 nitrogen and oxygen atoms in total. The van der Waals surface area contributed by atoms with Crippen molar-refractivity contribution >= 4 is 48.0 Å². The second kappa shape index (κ2) is 5.58. The summed E-state index contributed by atoms with van der Waals surface area (Å²) in [5.74, 6) is 1.03. The Labute approximate surface area is 129 Å². The number of sulfone groups is 2. The zero-order valence-corrected chi connectivity index (χ0v) is 14.4. The van der Waals surface area contributed by atoms with E-state index in [0.29, 0.717) is 16.5 Å². The van der Waals surface area contributed by atoms with Crippen LogP contribution in [0.25, 0.3) is 0 Å². The van der Waals surface area contributed by atoms with Crippen LogP contribution in [0.4, 0.5) is 0 Å². The molecule has 1 fully saturated rings. The first-order valence-corrected chi connectivity index (χ1v) is 11.2. The molecule has 1 N–H and O–H groups in total. The van der Waals surface area contributed by atoms with Gasteiger partial charge in [0.1, 0.15) is 4.32 Å². The van der Waals surface area contributed by atoms with E-state index in [1.807, 2.05) is 6.92 Å². The quantitative estimate of drug-likeness (QED) is 0.584. The van der Waals surface area contributed by atoms with Crippen molar-refractivity contribution in [2.24, 2.45) is 0 Å². The average Bonchev–Trinajstić information content (AvgIpc) is 2.76. The maximum absolute atomic E-state index is 11.5. The van der Waals surface area contributed by atoms with Gasteiger partial charge in [-0.2, -0.15) is 0 Å². The molecule has 9 heteroatoms. The van der Waals surface area contributed by atoms with Gasteiger partial charge in [-0.25, -0.2) is 16.8 Å². The number of thiocarbonyl (C=S) groups is 1. The van der Waals surface area contributed by atoms with Crippen LogP contribution in [0, 0.1) is 0 Å². The van der Waals surface area contributed by atoms with Crippen molar-refractivity contribution in [2.45, 2.75) is 18.9 Å². The molecule has 0 bridgehead atoms. The molecule has 0 saturated carbocycles. The second-order valence-electron chi connectivity index (χ2n) is 5.52. The Morgan fingerprint density at radius 2 is 2.10 bits per heavy atom. The maximum Gasteiger partial charge on any atom is 0.157 e. The molecule has 0 unspecified atom stereocenters. The van der Waals surface area contributed by atoms with Gasteiger partial charge in [0.15, 0.2) is 19.7 Å². The first-order chi connectivity index (χ1) is 9.09. The zero-order chi connectivity index (χ0) is 15.0. The summed E-state index contributed by atoms with van der Waals surface area (Å²) in [6, 6.07) is 0. The summed E-state index contributed by atoms with van der Waals surface area (Å²) in [6.07, 6.45) is 2.28. The van der Waals surface area contributed by atoms with Gasteiger partial charge in [0.05, 0.1) is 28.6 Å². The first kappa shape index (κ1) is 16.3. The highest BCUT2D eigenvalue weighted by Gasteiger charge is 2.38. The van der Waals surface area contributed by atoms with Crippen LogP contribution in [0.1, 0.15) is 13.3 Å². The fourth-order valence-corrected chi connectivity index (χ4v) is 7.19. The van der Waals surface area contributed by atoms with E-state index in [-0.39, 0.29) is 23.0 Å². The highest BCUT2D eigenvalue weighted by atomic mass is 32.2. The molecule has 2 heterocycles. The standard InChI is InChI=1S/C11H17NO4S4/c1-11(3-5-20(15,16)8-11)12-10(17)18-6-9-2-4-19(13,14)7-9/h2H,3-8H2,1H3,(H,12,17)/t11-/m0/s1. The van der Waals surface area contributed by atoms with Crippen LogP contribution in [0.3, 0.4) is 0 Å². The monoisotopic (exact) mass is 355 g/mol. The van der Waals surface area contributed by atoms with E-state index < -0.39 is 25.2 Å². The minimum Gasteiger partial charge on any atom is -0.365 e. The van der Waals surface area contributed by atoms with E-state index in [2.05, 4.69) is 5.32 Å². The van der Waals surface area contributed by atoms with Gasteiger partial charge in [-0.3, -0.25) is 0 Å². The highest BCUT2D eigenvalue weighted by Crippen LogP contribution is 2.25. The number of hydrogen-bond donors (Lipinski definition) is 1. The molecule has 0 aromatic heterocycles. The summed E-state index contributed by atoms with van der Waals surface area (Å²) in [4.78, 5) is 0. The lowest BCUT2D eigenvalue weighted by molar-refractivity contribution is 0.478. The van der Waals surface area contributed by atoms with E-state index >= 15 is 0 Å². The number of hydrogen-bond acceptors (Lipinski definition) is 6. The minimum atomic E-state index is -2.97. The molecule has 0 radical (unpaired) electrons. The van der Waals surface area contributed by atoms with Crippen molar-refractivity contribution in [3.8, 4) is 0 Å². The van der Waals surface area contributed by atoms with Crippen LogP contribution < -0.4 is 5.32 Å². The third-order valence-electron chi connectivity index (χ3n) is 3.33. The Hall–Kier alpha value is -0.120. The topological polar surface area (TPSA) is 80.3 Å². The Morgan fingerprint density at radius 1 is 1.40 bits per heavy atom. The van der Waals surface area contributed by atoms with Crippen molar-refractivity contribution < 1.29 is 16.8 Å². The van der Waals surface area contributed by atoms with Crippen LogP contribution in [0.5, 0.6) is 0 Å². The molecule has 0 aromatic rings. The number of nitrogens with one attached hydrogen (secondary N) is 1. The molecule has 2 aliphatic rings. The van der Waals surface area contributed by atoms with E-state index in [9.17, 15) is 16.8 Å². The predicted molar refractivity (Wildman–Crippen MR) is 86.6 cm³/mol. The average molecular weight is 356 g/mol. The molecule has 1 atom stereocenters. The smallest absolute Gasteiger partial charge is 0.157 e. The first-order valence-electron chi connectivity index (χ1n) is 6.13. The molecule has 0 aliphatic carbocycles. The lowest BCUT2D eigenvalue weighted by Gasteiger charge is -2.25.